The third-order valence-electron chi connectivity index (χ3n) is 4.59. The van der Waals surface area contributed by atoms with Crippen LogP contribution in [0.1, 0.15) is 47.5 Å². The van der Waals surface area contributed by atoms with Gasteiger partial charge in [0.1, 0.15) is 0 Å². The number of carbonyl (C=O) groups excluding carboxylic acids is 1. The van der Waals surface area contributed by atoms with E-state index in [0.29, 0.717) is 25.4 Å². The summed E-state index contributed by atoms with van der Waals surface area (Å²) < 4.78 is 5.13. The minimum absolute atomic E-state index is 0.0275. The molecule has 0 spiro atoms. The summed E-state index contributed by atoms with van der Waals surface area (Å²) in [4.78, 5) is 23.0. The lowest BCUT2D eigenvalue weighted by Gasteiger charge is -2.46. The Morgan fingerprint density at radius 2 is 1.95 bits per heavy atom. The lowest BCUT2D eigenvalue weighted by Crippen LogP contribution is -2.52. The molecule has 0 heterocycles. The number of carboxylic acids is 1. The fourth-order valence-corrected chi connectivity index (χ4v) is 2.88. The summed E-state index contributed by atoms with van der Waals surface area (Å²) in [5.41, 5.74) is -0.347. The molecule has 1 aliphatic carbocycles. The van der Waals surface area contributed by atoms with Crippen molar-refractivity contribution in [2.24, 2.45) is 23.2 Å². The zero-order valence-electron chi connectivity index (χ0n) is 13.1. The van der Waals surface area contributed by atoms with Crippen molar-refractivity contribution in [2.75, 3.05) is 6.61 Å². The average Bonchev–Trinajstić information content (AvgIpc) is 2.32. The van der Waals surface area contributed by atoms with Crippen molar-refractivity contribution < 1.29 is 19.4 Å². The van der Waals surface area contributed by atoms with Crippen LogP contribution in [0.4, 0.5) is 4.79 Å². The minimum atomic E-state index is -0.748. The van der Waals surface area contributed by atoms with Gasteiger partial charge in [-0.15, -0.1) is 0 Å². The van der Waals surface area contributed by atoms with E-state index in [0.717, 1.165) is 0 Å². The Balaban J connectivity index is 2.62. The molecule has 116 valence electrons. The van der Waals surface area contributed by atoms with Crippen LogP contribution in [-0.2, 0) is 9.53 Å². The lowest BCUT2D eigenvalue weighted by atomic mass is 9.61. The highest BCUT2D eigenvalue weighted by Gasteiger charge is 2.46. The van der Waals surface area contributed by atoms with Crippen molar-refractivity contribution in [1.82, 2.24) is 5.32 Å². The Morgan fingerprint density at radius 1 is 1.35 bits per heavy atom. The highest BCUT2D eigenvalue weighted by molar-refractivity contribution is 5.71. The smallest absolute Gasteiger partial charge is 0.407 e. The van der Waals surface area contributed by atoms with Gasteiger partial charge in [0.25, 0.3) is 0 Å². The van der Waals surface area contributed by atoms with E-state index in [4.69, 9.17) is 4.74 Å². The van der Waals surface area contributed by atoms with E-state index in [1.54, 1.807) is 0 Å². The second-order valence-electron chi connectivity index (χ2n) is 6.82. The van der Waals surface area contributed by atoms with Gasteiger partial charge in [-0.2, -0.15) is 0 Å². The molecule has 0 saturated heterocycles. The van der Waals surface area contributed by atoms with Crippen molar-refractivity contribution in [3.8, 4) is 0 Å². The van der Waals surface area contributed by atoms with Crippen molar-refractivity contribution in [3.63, 3.8) is 0 Å². The normalized spacial score (nSPS) is 29.0. The van der Waals surface area contributed by atoms with Crippen molar-refractivity contribution in [1.29, 1.82) is 0 Å². The van der Waals surface area contributed by atoms with Gasteiger partial charge in [-0.05, 0) is 30.1 Å². The van der Waals surface area contributed by atoms with E-state index in [1.807, 2.05) is 34.6 Å². The number of nitrogens with one attached hydrogen (secondary N) is 1. The first-order valence-corrected chi connectivity index (χ1v) is 7.32. The summed E-state index contributed by atoms with van der Waals surface area (Å²) >= 11 is 0. The maximum Gasteiger partial charge on any atom is 0.407 e. The summed E-state index contributed by atoms with van der Waals surface area (Å²) in [6.45, 7) is 10.3. The standard InChI is InChI=1S/C15H27NO4/c1-9(2)8-20-14(19)16-12-7-6-11(13(17)18)15(4,5)10(12)3/h9-12H,6-8H2,1-5H3,(H,16,19)(H,17,18). The van der Waals surface area contributed by atoms with Gasteiger partial charge in [-0.1, -0.05) is 34.6 Å². The maximum atomic E-state index is 11.7. The Bertz CT molecular complexity index is 365. The van der Waals surface area contributed by atoms with Gasteiger partial charge in [0.2, 0.25) is 0 Å². The van der Waals surface area contributed by atoms with Crippen LogP contribution in [0.3, 0.4) is 0 Å². The molecule has 0 radical (unpaired) electrons. The molecule has 0 aliphatic heterocycles. The predicted octanol–water partition coefficient (Wildman–Crippen LogP) is 2.89. The summed E-state index contributed by atoms with van der Waals surface area (Å²) in [6.07, 6.45) is 0.861. The highest BCUT2D eigenvalue weighted by Crippen LogP contribution is 2.45. The zero-order chi connectivity index (χ0) is 15.5. The molecule has 1 rings (SSSR count). The number of carboxylic acid groups (broad SMARTS) is 1. The van der Waals surface area contributed by atoms with Crippen LogP contribution < -0.4 is 5.32 Å². The molecule has 20 heavy (non-hydrogen) atoms. The first-order chi connectivity index (χ1) is 9.16. The Kier molecular flexibility index (Phi) is 5.42. The number of hydrogen-bond donors (Lipinski definition) is 2. The fraction of sp³-hybridized carbons (Fsp3) is 0.867. The number of amides is 1. The van der Waals surface area contributed by atoms with E-state index >= 15 is 0 Å². The maximum absolute atomic E-state index is 11.7. The van der Waals surface area contributed by atoms with Gasteiger partial charge in [0.15, 0.2) is 0 Å². The average molecular weight is 285 g/mol. The molecule has 3 atom stereocenters. The van der Waals surface area contributed by atoms with Crippen molar-refractivity contribution in [3.05, 3.63) is 0 Å². The van der Waals surface area contributed by atoms with Crippen LogP contribution in [0.15, 0.2) is 0 Å². The molecule has 0 aromatic heterocycles. The first kappa shape index (κ1) is 16.8. The fourth-order valence-electron chi connectivity index (χ4n) is 2.88. The van der Waals surface area contributed by atoms with Gasteiger partial charge in [-0.25, -0.2) is 4.79 Å². The quantitative estimate of drug-likeness (QED) is 0.832. The van der Waals surface area contributed by atoms with Crippen LogP contribution in [0.25, 0.3) is 0 Å². The zero-order valence-corrected chi connectivity index (χ0v) is 13.1. The van der Waals surface area contributed by atoms with E-state index in [9.17, 15) is 14.7 Å². The molecule has 1 amide bonds. The molecular weight excluding hydrogens is 258 g/mol. The van der Waals surface area contributed by atoms with E-state index in [-0.39, 0.29) is 23.3 Å². The summed E-state index contributed by atoms with van der Waals surface area (Å²) in [6, 6.07) is -0.0275. The van der Waals surface area contributed by atoms with E-state index < -0.39 is 12.1 Å². The molecule has 0 aromatic rings. The molecule has 5 nitrogen and oxygen atoms in total. The monoisotopic (exact) mass is 285 g/mol. The largest absolute Gasteiger partial charge is 0.481 e. The Labute approximate surface area is 121 Å². The van der Waals surface area contributed by atoms with Crippen LogP contribution in [0.5, 0.6) is 0 Å². The predicted molar refractivity (Wildman–Crippen MR) is 76.4 cm³/mol. The van der Waals surface area contributed by atoms with Crippen LogP contribution >= 0.6 is 0 Å². The van der Waals surface area contributed by atoms with Gasteiger partial charge in [0.05, 0.1) is 12.5 Å². The molecule has 1 saturated carbocycles. The Morgan fingerprint density at radius 3 is 2.45 bits per heavy atom. The SMILES string of the molecule is CC(C)COC(=O)NC1CCC(C(=O)O)C(C)(C)C1C. The molecule has 0 aromatic carbocycles. The highest BCUT2D eigenvalue weighted by atomic mass is 16.5. The molecular formula is C15H27NO4. The molecule has 5 heteroatoms. The van der Waals surface area contributed by atoms with Gasteiger partial charge < -0.3 is 15.2 Å². The second kappa shape index (κ2) is 6.46. The summed E-state index contributed by atoms with van der Waals surface area (Å²) in [7, 11) is 0. The van der Waals surface area contributed by atoms with Crippen molar-refractivity contribution >= 4 is 12.1 Å². The molecule has 0 bridgehead atoms. The third kappa shape index (κ3) is 3.87. The van der Waals surface area contributed by atoms with E-state index in [2.05, 4.69) is 5.32 Å². The number of rotatable bonds is 4. The number of carbonyl (C=O) groups is 2. The number of hydrogen-bond acceptors (Lipinski definition) is 3. The molecule has 3 unspecified atom stereocenters. The number of ether oxygens (including phenoxy) is 1. The van der Waals surface area contributed by atoms with Crippen LogP contribution in [-0.4, -0.2) is 29.8 Å². The number of alkyl carbamates (subject to hydrolysis) is 1. The first-order valence-electron chi connectivity index (χ1n) is 7.32. The molecule has 1 aliphatic rings. The number of aliphatic carboxylic acids is 1. The van der Waals surface area contributed by atoms with Gasteiger partial charge >= 0.3 is 12.1 Å². The molecule has 1 fully saturated rings. The van der Waals surface area contributed by atoms with E-state index in [1.165, 1.54) is 0 Å². The summed E-state index contributed by atoms with van der Waals surface area (Å²) in [5.74, 6) is -0.716. The summed E-state index contributed by atoms with van der Waals surface area (Å²) in [5, 5.41) is 12.2. The van der Waals surface area contributed by atoms with Crippen LogP contribution in [0.2, 0.25) is 0 Å². The Hall–Kier alpha value is -1.26. The van der Waals surface area contributed by atoms with Crippen LogP contribution in [0, 0.1) is 23.2 Å². The molecule has 2 N–H and O–H groups in total. The lowest BCUT2D eigenvalue weighted by molar-refractivity contribution is -0.150. The topological polar surface area (TPSA) is 75.6 Å². The third-order valence-corrected chi connectivity index (χ3v) is 4.59. The minimum Gasteiger partial charge on any atom is -0.481 e. The van der Waals surface area contributed by atoms with Crippen molar-refractivity contribution in [2.45, 2.75) is 53.5 Å². The van der Waals surface area contributed by atoms with Gasteiger partial charge in [-0.3, -0.25) is 4.79 Å². The van der Waals surface area contributed by atoms with Gasteiger partial charge in [0, 0.05) is 6.04 Å². The second-order valence-corrected chi connectivity index (χ2v) is 6.82.